The van der Waals surface area contributed by atoms with E-state index in [4.69, 9.17) is 0 Å². The number of rotatable bonds is 4. The zero-order chi connectivity index (χ0) is 16.4. The summed E-state index contributed by atoms with van der Waals surface area (Å²) in [5, 5.41) is 5.01. The lowest BCUT2D eigenvalue weighted by molar-refractivity contribution is 0.120. The van der Waals surface area contributed by atoms with Crippen molar-refractivity contribution in [2.75, 3.05) is 26.2 Å². The van der Waals surface area contributed by atoms with Gasteiger partial charge in [-0.2, -0.15) is 11.3 Å². The smallest absolute Gasteiger partial charge is 0.258 e. The Morgan fingerprint density at radius 3 is 2.54 bits per heavy atom. The van der Waals surface area contributed by atoms with Gasteiger partial charge in [0.1, 0.15) is 5.82 Å². The Kier molecular flexibility index (Phi) is 4.42. The van der Waals surface area contributed by atoms with E-state index >= 15 is 0 Å². The van der Waals surface area contributed by atoms with Gasteiger partial charge in [0.05, 0.1) is 17.4 Å². The van der Waals surface area contributed by atoms with Crippen LogP contribution in [0.3, 0.4) is 0 Å². The fraction of sp³-hybridized carbons (Fsp3) is 0.333. The second kappa shape index (κ2) is 6.84. The van der Waals surface area contributed by atoms with E-state index in [1.807, 2.05) is 24.3 Å². The molecule has 0 amide bonds. The minimum Gasteiger partial charge on any atom is -0.309 e. The molecule has 0 aliphatic carbocycles. The highest BCUT2D eigenvalue weighted by Gasteiger charge is 2.18. The van der Waals surface area contributed by atoms with Crippen LogP contribution in [-0.4, -0.2) is 45.9 Å². The SMILES string of the molecule is O=c1[nH]c(CN2CCN(Cc3ccsc3)CC2)nc2ccccc12. The van der Waals surface area contributed by atoms with Crippen molar-refractivity contribution < 1.29 is 0 Å². The minimum absolute atomic E-state index is 0.0494. The zero-order valence-electron chi connectivity index (χ0n) is 13.4. The van der Waals surface area contributed by atoms with Crippen molar-refractivity contribution in [3.05, 3.63) is 62.8 Å². The summed E-state index contributed by atoms with van der Waals surface area (Å²) in [7, 11) is 0. The molecular weight excluding hydrogens is 320 g/mol. The summed E-state index contributed by atoms with van der Waals surface area (Å²) in [6.07, 6.45) is 0. The number of nitrogens with zero attached hydrogens (tertiary/aromatic N) is 3. The number of piperazine rings is 1. The van der Waals surface area contributed by atoms with Gasteiger partial charge in [0.25, 0.3) is 5.56 Å². The summed E-state index contributed by atoms with van der Waals surface area (Å²) in [5.74, 6) is 0.755. The number of H-pyrrole nitrogens is 1. The van der Waals surface area contributed by atoms with Crippen LogP contribution in [0.4, 0.5) is 0 Å². The molecule has 1 aromatic carbocycles. The highest BCUT2D eigenvalue weighted by molar-refractivity contribution is 7.07. The number of aromatic amines is 1. The molecule has 0 radical (unpaired) electrons. The van der Waals surface area contributed by atoms with Crippen molar-refractivity contribution in [3.63, 3.8) is 0 Å². The third-order valence-electron chi connectivity index (χ3n) is 4.49. The summed E-state index contributed by atoms with van der Waals surface area (Å²) in [4.78, 5) is 24.5. The third-order valence-corrected chi connectivity index (χ3v) is 5.22. The maximum atomic E-state index is 12.1. The summed E-state index contributed by atoms with van der Waals surface area (Å²) in [6, 6.07) is 9.69. The van der Waals surface area contributed by atoms with E-state index in [0.717, 1.165) is 44.1 Å². The van der Waals surface area contributed by atoms with Gasteiger partial charge < -0.3 is 4.98 Å². The highest BCUT2D eigenvalue weighted by atomic mass is 32.1. The number of thiophene rings is 1. The lowest BCUT2D eigenvalue weighted by atomic mass is 10.2. The van der Waals surface area contributed by atoms with Crippen molar-refractivity contribution in [2.24, 2.45) is 0 Å². The van der Waals surface area contributed by atoms with E-state index in [2.05, 4.69) is 36.6 Å². The Hall–Kier alpha value is -2.02. The van der Waals surface area contributed by atoms with Crippen LogP contribution in [0.5, 0.6) is 0 Å². The lowest BCUT2D eigenvalue weighted by Crippen LogP contribution is -2.45. The molecule has 6 heteroatoms. The molecule has 1 saturated heterocycles. The monoisotopic (exact) mass is 340 g/mol. The molecule has 1 aliphatic heterocycles. The fourth-order valence-electron chi connectivity index (χ4n) is 3.17. The summed E-state index contributed by atoms with van der Waals surface area (Å²) < 4.78 is 0. The van der Waals surface area contributed by atoms with E-state index in [9.17, 15) is 4.79 Å². The number of aromatic nitrogens is 2. The minimum atomic E-state index is -0.0494. The van der Waals surface area contributed by atoms with Gasteiger partial charge in [-0.15, -0.1) is 0 Å². The summed E-state index contributed by atoms with van der Waals surface area (Å²) in [6.45, 7) is 5.83. The summed E-state index contributed by atoms with van der Waals surface area (Å²) >= 11 is 1.75. The van der Waals surface area contributed by atoms with E-state index in [-0.39, 0.29) is 5.56 Å². The molecule has 1 aliphatic rings. The third kappa shape index (κ3) is 3.40. The lowest BCUT2D eigenvalue weighted by Gasteiger charge is -2.34. The van der Waals surface area contributed by atoms with E-state index < -0.39 is 0 Å². The maximum Gasteiger partial charge on any atom is 0.258 e. The molecule has 0 atom stereocenters. The maximum absolute atomic E-state index is 12.1. The topological polar surface area (TPSA) is 52.2 Å². The molecule has 4 rings (SSSR count). The number of para-hydroxylation sites is 1. The van der Waals surface area contributed by atoms with Crippen LogP contribution in [0, 0.1) is 0 Å². The van der Waals surface area contributed by atoms with Gasteiger partial charge in [-0.1, -0.05) is 12.1 Å². The Labute approximate surface area is 144 Å². The van der Waals surface area contributed by atoms with Crippen molar-refractivity contribution in [3.8, 4) is 0 Å². The van der Waals surface area contributed by atoms with Gasteiger partial charge in [-0.05, 0) is 34.5 Å². The van der Waals surface area contributed by atoms with Crippen LogP contribution in [0.1, 0.15) is 11.4 Å². The average Bonchev–Trinajstić information content (AvgIpc) is 3.10. The highest BCUT2D eigenvalue weighted by Crippen LogP contribution is 2.13. The largest absolute Gasteiger partial charge is 0.309 e. The van der Waals surface area contributed by atoms with Crippen LogP contribution in [-0.2, 0) is 13.1 Å². The Balaban J connectivity index is 1.39. The van der Waals surface area contributed by atoms with Crippen LogP contribution in [0.15, 0.2) is 45.9 Å². The van der Waals surface area contributed by atoms with Gasteiger partial charge in [0.15, 0.2) is 0 Å². The Bertz CT molecular complexity index is 866. The van der Waals surface area contributed by atoms with Crippen LogP contribution < -0.4 is 5.56 Å². The number of fused-ring (bicyclic) bond motifs is 1. The fourth-order valence-corrected chi connectivity index (χ4v) is 3.83. The quantitative estimate of drug-likeness (QED) is 0.792. The van der Waals surface area contributed by atoms with E-state index in [1.165, 1.54) is 5.56 Å². The normalized spacial score (nSPS) is 16.7. The van der Waals surface area contributed by atoms with Crippen molar-refractivity contribution in [1.29, 1.82) is 0 Å². The number of nitrogens with one attached hydrogen (secondary N) is 1. The van der Waals surface area contributed by atoms with Crippen molar-refractivity contribution >= 4 is 22.2 Å². The molecule has 0 bridgehead atoms. The molecule has 0 spiro atoms. The van der Waals surface area contributed by atoms with E-state index in [0.29, 0.717) is 11.9 Å². The first-order valence-corrected chi connectivity index (χ1v) is 9.16. The average molecular weight is 340 g/mol. The van der Waals surface area contributed by atoms with Crippen LogP contribution in [0.25, 0.3) is 10.9 Å². The second-order valence-electron chi connectivity index (χ2n) is 6.21. The van der Waals surface area contributed by atoms with Crippen LogP contribution >= 0.6 is 11.3 Å². The number of hydrogen-bond donors (Lipinski definition) is 1. The van der Waals surface area contributed by atoms with Crippen LogP contribution in [0.2, 0.25) is 0 Å². The first-order valence-electron chi connectivity index (χ1n) is 8.22. The second-order valence-corrected chi connectivity index (χ2v) is 6.99. The standard InChI is InChI=1S/C18H20N4OS/c23-18-15-3-1-2-4-16(15)19-17(20-18)12-22-8-6-21(7-9-22)11-14-5-10-24-13-14/h1-5,10,13H,6-9,11-12H2,(H,19,20,23). The van der Waals surface area contributed by atoms with Gasteiger partial charge in [0.2, 0.25) is 0 Å². The predicted octanol–water partition coefficient (Wildman–Crippen LogP) is 2.30. The molecule has 1 fully saturated rings. The molecule has 1 N–H and O–H groups in total. The molecule has 2 aromatic heterocycles. The van der Waals surface area contributed by atoms with Crippen molar-refractivity contribution in [2.45, 2.75) is 13.1 Å². The molecule has 0 unspecified atom stereocenters. The number of benzene rings is 1. The molecule has 5 nitrogen and oxygen atoms in total. The molecule has 3 heterocycles. The molecule has 0 saturated carbocycles. The first-order chi connectivity index (χ1) is 11.8. The molecule has 3 aromatic rings. The van der Waals surface area contributed by atoms with Gasteiger partial charge in [0, 0.05) is 32.7 Å². The Morgan fingerprint density at radius 1 is 1.04 bits per heavy atom. The predicted molar refractivity (Wildman–Crippen MR) is 97.2 cm³/mol. The first kappa shape index (κ1) is 15.5. The number of hydrogen-bond acceptors (Lipinski definition) is 5. The molecular formula is C18H20N4OS. The molecule has 124 valence electrons. The Morgan fingerprint density at radius 2 is 1.79 bits per heavy atom. The zero-order valence-corrected chi connectivity index (χ0v) is 14.3. The van der Waals surface area contributed by atoms with Gasteiger partial charge >= 0.3 is 0 Å². The van der Waals surface area contributed by atoms with Crippen molar-refractivity contribution in [1.82, 2.24) is 19.8 Å². The summed E-state index contributed by atoms with van der Waals surface area (Å²) in [5.41, 5.74) is 2.12. The van der Waals surface area contributed by atoms with E-state index in [1.54, 1.807) is 11.3 Å². The van der Waals surface area contributed by atoms with Gasteiger partial charge in [-0.3, -0.25) is 14.6 Å². The van der Waals surface area contributed by atoms with Gasteiger partial charge in [-0.25, -0.2) is 4.98 Å². The molecule has 24 heavy (non-hydrogen) atoms.